The fourth-order valence-electron chi connectivity index (χ4n) is 3.51. The number of sulfone groups is 1. The number of Topliss-reactive ketones (excluding diaryl/α,β-unsaturated/α-hetero) is 1. The smallest absolute Gasteiger partial charge is 0.316 e. The highest BCUT2D eigenvalue weighted by molar-refractivity contribution is 7.92. The number of hydrogen-bond donors (Lipinski definition) is 0. The Morgan fingerprint density at radius 3 is 2.36 bits per heavy atom. The Kier molecular flexibility index (Phi) is 4.16. The zero-order valence-electron chi connectivity index (χ0n) is 12.6. The molecule has 0 N–H and O–H groups in total. The maximum Gasteiger partial charge on any atom is 0.316 e. The molecule has 2 bridgehead atoms. The number of carbonyl (C=O) groups excluding carboxylic acids is 1. The van der Waals surface area contributed by atoms with Gasteiger partial charge in [0.2, 0.25) is 0 Å². The van der Waals surface area contributed by atoms with E-state index in [1.165, 1.54) is 12.4 Å². The first-order valence-corrected chi connectivity index (χ1v) is 9.35. The van der Waals surface area contributed by atoms with Crippen LogP contribution in [0, 0.1) is 5.92 Å². The lowest BCUT2D eigenvalue weighted by molar-refractivity contribution is 0.0893. The van der Waals surface area contributed by atoms with Crippen LogP contribution in [0.25, 0.3) is 0 Å². The largest absolute Gasteiger partial charge is 0.464 e. The zero-order valence-corrected chi connectivity index (χ0v) is 13.4. The van der Waals surface area contributed by atoms with Crippen molar-refractivity contribution in [2.24, 2.45) is 5.92 Å². The first-order chi connectivity index (χ1) is 10.5. The average molecular weight is 324 g/mol. The second-order valence-corrected chi connectivity index (χ2v) is 8.50. The van der Waals surface area contributed by atoms with Gasteiger partial charge in [-0.05, 0) is 32.6 Å². The van der Waals surface area contributed by atoms with Crippen LogP contribution in [0.3, 0.4) is 0 Å². The predicted molar refractivity (Wildman–Crippen MR) is 80.6 cm³/mol. The van der Waals surface area contributed by atoms with Gasteiger partial charge in [-0.15, -0.1) is 0 Å². The summed E-state index contributed by atoms with van der Waals surface area (Å²) in [5, 5.41) is -0.699. The number of fused-ring (bicyclic) bond motifs is 2. The molecule has 22 heavy (non-hydrogen) atoms. The third-order valence-electron chi connectivity index (χ3n) is 4.63. The van der Waals surface area contributed by atoms with E-state index in [1.807, 2.05) is 6.92 Å². The first kappa shape index (κ1) is 15.4. The third kappa shape index (κ3) is 2.74. The minimum Gasteiger partial charge on any atom is -0.464 e. The number of nitrogens with zero attached hydrogens (tertiary/aromatic N) is 2. The van der Waals surface area contributed by atoms with Crippen molar-refractivity contribution in [2.45, 2.75) is 49.5 Å². The van der Waals surface area contributed by atoms with Gasteiger partial charge in [0, 0.05) is 18.3 Å². The van der Waals surface area contributed by atoms with Crippen LogP contribution >= 0.6 is 0 Å². The summed E-state index contributed by atoms with van der Waals surface area (Å²) in [4.78, 5) is 20.6. The summed E-state index contributed by atoms with van der Waals surface area (Å²) in [5.74, 6) is -0.282. The Bertz CT molecular complexity index is 637. The molecule has 0 aliphatic carbocycles. The number of ketones is 1. The predicted octanol–water partition coefficient (Wildman–Crippen LogP) is 1.80. The van der Waals surface area contributed by atoms with Gasteiger partial charge in [0.1, 0.15) is 0 Å². The average Bonchev–Trinajstić information content (AvgIpc) is 2.46. The van der Waals surface area contributed by atoms with E-state index in [0.717, 1.165) is 6.42 Å². The van der Waals surface area contributed by atoms with Gasteiger partial charge in [-0.2, -0.15) is 0 Å². The van der Waals surface area contributed by atoms with Crippen molar-refractivity contribution in [1.29, 1.82) is 0 Å². The molecule has 2 aliphatic heterocycles. The lowest BCUT2D eigenvalue weighted by atomic mass is 9.85. The molecule has 0 saturated carbocycles. The van der Waals surface area contributed by atoms with Gasteiger partial charge in [0.05, 0.1) is 22.7 Å². The Morgan fingerprint density at radius 2 is 1.82 bits per heavy atom. The van der Waals surface area contributed by atoms with Crippen molar-refractivity contribution in [1.82, 2.24) is 9.97 Å². The summed E-state index contributed by atoms with van der Waals surface area (Å²) in [6.07, 6.45) is 6.13. The zero-order chi connectivity index (χ0) is 15.7. The number of aromatic nitrogens is 2. The lowest BCUT2D eigenvalue weighted by Crippen LogP contribution is -2.45. The fourth-order valence-corrected chi connectivity index (χ4v) is 6.04. The summed E-state index contributed by atoms with van der Waals surface area (Å²) in [6, 6.07) is 0.252. The van der Waals surface area contributed by atoms with Gasteiger partial charge in [0.25, 0.3) is 0 Å². The molecule has 0 spiro atoms. The van der Waals surface area contributed by atoms with E-state index in [-0.39, 0.29) is 28.2 Å². The maximum atomic E-state index is 12.6. The molecule has 2 atom stereocenters. The van der Waals surface area contributed by atoms with Crippen LogP contribution in [0.1, 0.15) is 49.4 Å². The molecule has 7 heteroatoms. The molecule has 1 aromatic heterocycles. The standard InChI is InChI=1S/C15H20N2O4S/c1-2-21-15-16-8-11(9-17-15)14(18)10-6-12-4-3-5-13(7-10)22(12,19)20/h8-10,12-13H,2-7H2,1H3. The van der Waals surface area contributed by atoms with E-state index >= 15 is 0 Å². The van der Waals surface area contributed by atoms with E-state index in [9.17, 15) is 13.2 Å². The van der Waals surface area contributed by atoms with Gasteiger partial charge in [-0.1, -0.05) is 6.42 Å². The molecule has 2 unspecified atom stereocenters. The van der Waals surface area contributed by atoms with Gasteiger partial charge < -0.3 is 4.74 Å². The van der Waals surface area contributed by atoms with Gasteiger partial charge >= 0.3 is 6.01 Å². The minimum atomic E-state index is -3.03. The Hall–Kier alpha value is -1.50. The highest BCUT2D eigenvalue weighted by Crippen LogP contribution is 2.40. The highest BCUT2D eigenvalue weighted by Gasteiger charge is 2.46. The number of hydrogen-bond acceptors (Lipinski definition) is 6. The van der Waals surface area contributed by atoms with Crippen LogP contribution in [-0.4, -0.2) is 41.3 Å². The van der Waals surface area contributed by atoms with Crippen molar-refractivity contribution >= 4 is 15.6 Å². The van der Waals surface area contributed by atoms with E-state index in [1.54, 1.807) is 0 Å². The number of carbonyl (C=O) groups is 1. The van der Waals surface area contributed by atoms with Crippen LogP contribution < -0.4 is 4.74 Å². The van der Waals surface area contributed by atoms with E-state index in [0.29, 0.717) is 37.9 Å². The van der Waals surface area contributed by atoms with Crippen LogP contribution in [-0.2, 0) is 9.84 Å². The van der Waals surface area contributed by atoms with E-state index in [4.69, 9.17) is 4.74 Å². The SMILES string of the molecule is CCOc1ncc(C(=O)C2CC3CCCC(C2)S3(=O)=O)cn1. The second-order valence-electron chi connectivity index (χ2n) is 5.98. The van der Waals surface area contributed by atoms with Crippen molar-refractivity contribution in [3.63, 3.8) is 0 Å². The summed E-state index contributed by atoms with van der Waals surface area (Å²) >= 11 is 0. The monoisotopic (exact) mass is 324 g/mol. The van der Waals surface area contributed by atoms with Crippen molar-refractivity contribution < 1.29 is 17.9 Å². The van der Waals surface area contributed by atoms with Gasteiger partial charge in [0.15, 0.2) is 15.6 Å². The summed E-state index contributed by atoms with van der Waals surface area (Å²) in [7, 11) is -3.03. The number of ether oxygens (including phenoxy) is 1. The van der Waals surface area contributed by atoms with E-state index in [2.05, 4.69) is 9.97 Å². The van der Waals surface area contributed by atoms with Crippen LogP contribution in [0.4, 0.5) is 0 Å². The molecule has 2 fully saturated rings. The molecule has 0 radical (unpaired) electrons. The highest BCUT2D eigenvalue weighted by atomic mass is 32.2. The molecule has 120 valence electrons. The van der Waals surface area contributed by atoms with Gasteiger partial charge in [-0.25, -0.2) is 18.4 Å². The van der Waals surface area contributed by atoms with Crippen LogP contribution in [0.2, 0.25) is 0 Å². The molecule has 6 nitrogen and oxygen atoms in total. The normalized spacial score (nSPS) is 29.8. The quantitative estimate of drug-likeness (QED) is 0.785. The lowest BCUT2D eigenvalue weighted by Gasteiger charge is -2.38. The minimum absolute atomic E-state index is 0.0464. The maximum absolute atomic E-state index is 12.6. The summed E-state index contributed by atoms with van der Waals surface area (Å²) in [5.41, 5.74) is 0.436. The van der Waals surface area contributed by atoms with Crippen molar-refractivity contribution in [3.05, 3.63) is 18.0 Å². The molecule has 2 aliphatic rings. The van der Waals surface area contributed by atoms with Crippen LogP contribution in [0.15, 0.2) is 12.4 Å². The van der Waals surface area contributed by atoms with Crippen molar-refractivity contribution in [2.75, 3.05) is 6.61 Å². The Labute approximate surface area is 130 Å². The van der Waals surface area contributed by atoms with E-state index < -0.39 is 9.84 Å². The molecule has 0 amide bonds. The Balaban J connectivity index is 1.76. The fraction of sp³-hybridized carbons (Fsp3) is 0.667. The first-order valence-electron chi connectivity index (χ1n) is 7.74. The molecule has 0 aromatic carbocycles. The summed E-state index contributed by atoms with van der Waals surface area (Å²) < 4.78 is 29.7. The second kappa shape index (κ2) is 5.95. The van der Waals surface area contributed by atoms with Gasteiger partial charge in [-0.3, -0.25) is 4.79 Å². The topological polar surface area (TPSA) is 86.2 Å². The molecular weight excluding hydrogens is 304 g/mol. The molecule has 3 rings (SSSR count). The third-order valence-corrected chi connectivity index (χ3v) is 7.35. The molecule has 2 saturated heterocycles. The molecule has 3 heterocycles. The summed E-state index contributed by atoms with van der Waals surface area (Å²) in [6.45, 7) is 2.31. The molecule has 1 aromatic rings. The van der Waals surface area contributed by atoms with Crippen LogP contribution in [0.5, 0.6) is 6.01 Å². The molecular formula is C15H20N2O4S. The Morgan fingerprint density at radius 1 is 1.23 bits per heavy atom. The van der Waals surface area contributed by atoms with Crippen molar-refractivity contribution in [3.8, 4) is 6.01 Å². The number of rotatable bonds is 4.